The summed E-state index contributed by atoms with van der Waals surface area (Å²) < 4.78 is 1.85. The number of hydrogen-bond donors (Lipinski definition) is 3. The third-order valence-corrected chi connectivity index (χ3v) is 5.45. The molecule has 0 saturated carbocycles. The van der Waals surface area contributed by atoms with Crippen LogP contribution in [0.25, 0.3) is 11.0 Å². The average molecular weight is 383 g/mol. The number of hydrogen-bond acceptors (Lipinski definition) is 5. The molecule has 1 saturated heterocycles. The number of rotatable bonds is 4. The van der Waals surface area contributed by atoms with E-state index in [0.29, 0.717) is 18.9 Å². The second-order valence-corrected chi connectivity index (χ2v) is 7.26. The lowest BCUT2D eigenvalue weighted by atomic mass is 9.96. The number of benzene rings is 1. The number of para-hydroxylation sites is 2. The number of H-pyrrole nitrogens is 1. The monoisotopic (exact) mass is 383 g/mol. The maximum absolute atomic E-state index is 12.7. The molecule has 1 fully saturated rings. The summed E-state index contributed by atoms with van der Waals surface area (Å²) in [7, 11) is 1.87. The first-order chi connectivity index (χ1) is 13.6. The summed E-state index contributed by atoms with van der Waals surface area (Å²) >= 11 is 0. The van der Waals surface area contributed by atoms with Gasteiger partial charge in [0.1, 0.15) is 18.3 Å². The summed E-state index contributed by atoms with van der Waals surface area (Å²) in [5, 5.41) is 20.5. The number of aromatic nitrogens is 5. The quantitative estimate of drug-likeness (QED) is 0.636. The number of carbonyl (C=O) groups is 1. The number of aliphatic hydroxyl groups is 1. The lowest BCUT2D eigenvalue weighted by Gasteiger charge is -2.32. The molecule has 1 aliphatic heterocycles. The number of aromatic amines is 1. The first kappa shape index (κ1) is 18.4. The topological polar surface area (TPSA) is 112 Å². The Hall–Kier alpha value is -2.94. The summed E-state index contributed by atoms with van der Waals surface area (Å²) in [6, 6.07) is 7.53. The number of nitrogens with zero attached hydrogens (tertiary/aromatic N) is 5. The third kappa shape index (κ3) is 3.45. The molecule has 2 aromatic heterocycles. The van der Waals surface area contributed by atoms with Gasteiger partial charge in [0.2, 0.25) is 0 Å². The molecule has 4 rings (SSSR count). The van der Waals surface area contributed by atoms with Crippen molar-refractivity contribution in [2.75, 3.05) is 13.1 Å². The van der Waals surface area contributed by atoms with Crippen LogP contribution in [0.15, 0.2) is 24.3 Å². The van der Waals surface area contributed by atoms with Gasteiger partial charge in [-0.25, -0.2) is 9.78 Å². The Labute approximate surface area is 162 Å². The predicted molar refractivity (Wildman–Crippen MR) is 104 cm³/mol. The van der Waals surface area contributed by atoms with Crippen molar-refractivity contribution in [3.63, 3.8) is 0 Å². The second-order valence-electron chi connectivity index (χ2n) is 7.26. The van der Waals surface area contributed by atoms with Crippen LogP contribution in [0.1, 0.15) is 49.2 Å². The van der Waals surface area contributed by atoms with Crippen LogP contribution in [0.5, 0.6) is 0 Å². The fourth-order valence-electron chi connectivity index (χ4n) is 3.73. The molecule has 9 heteroatoms. The minimum Gasteiger partial charge on any atom is -0.388 e. The van der Waals surface area contributed by atoms with Crippen molar-refractivity contribution in [3.8, 4) is 0 Å². The van der Waals surface area contributed by atoms with Crippen LogP contribution in [-0.2, 0) is 13.7 Å². The molecule has 1 aliphatic rings. The van der Waals surface area contributed by atoms with Crippen molar-refractivity contribution < 1.29 is 9.90 Å². The molecule has 1 unspecified atom stereocenters. The van der Waals surface area contributed by atoms with Crippen LogP contribution in [-0.4, -0.2) is 53.9 Å². The number of piperidine rings is 1. The zero-order valence-corrected chi connectivity index (χ0v) is 16.1. The first-order valence-electron chi connectivity index (χ1n) is 9.56. The van der Waals surface area contributed by atoms with Gasteiger partial charge >= 0.3 is 6.03 Å². The number of carbonyl (C=O) groups excluding carboxylic acids is 1. The van der Waals surface area contributed by atoms with Gasteiger partial charge in [-0.1, -0.05) is 12.1 Å². The van der Waals surface area contributed by atoms with Gasteiger partial charge in [-0.3, -0.25) is 0 Å². The van der Waals surface area contributed by atoms with Crippen LogP contribution in [0.3, 0.4) is 0 Å². The molecule has 2 amide bonds. The van der Waals surface area contributed by atoms with Crippen LogP contribution in [0.2, 0.25) is 0 Å². The minimum atomic E-state index is -0.205. The number of fused-ring (bicyclic) bond motifs is 1. The van der Waals surface area contributed by atoms with E-state index in [0.717, 1.165) is 35.5 Å². The van der Waals surface area contributed by atoms with Gasteiger partial charge in [-0.05, 0) is 31.9 Å². The minimum absolute atomic E-state index is 0.0829. The molecule has 0 bridgehead atoms. The van der Waals surface area contributed by atoms with Gasteiger partial charge in [-0.2, -0.15) is 0 Å². The van der Waals surface area contributed by atoms with Crippen LogP contribution >= 0.6 is 0 Å². The van der Waals surface area contributed by atoms with Crippen LogP contribution < -0.4 is 5.32 Å². The van der Waals surface area contributed by atoms with Crippen molar-refractivity contribution in [1.29, 1.82) is 0 Å². The van der Waals surface area contributed by atoms with Crippen LogP contribution in [0, 0.1) is 0 Å². The molecule has 1 aromatic carbocycles. The maximum atomic E-state index is 12.7. The standard InChI is InChI=1S/C19H25N7O2/c1-12(17-21-14-5-3-4-6-15(14)22-17)20-19(28)26-9-7-13(8-10-26)18-24-23-16(11-27)25(18)2/h3-6,12-13,27H,7-11H2,1-2H3,(H,20,28)(H,21,22). The average Bonchev–Trinajstić information content (AvgIpc) is 3.31. The Morgan fingerprint density at radius 3 is 2.75 bits per heavy atom. The molecule has 9 nitrogen and oxygen atoms in total. The fourth-order valence-corrected chi connectivity index (χ4v) is 3.73. The lowest BCUT2D eigenvalue weighted by molar-refractivity contribution is 0.176. The number of urea groups is 1. The third-order valence-electron chi connectivity index (χ3n) is 5.45. The summed E-state index contributed by atoms with van der Waals surface area (Å²) in [5.41, 5.74) is 1.86. The van der Waals surface area contributed by atoms with Gasteiger partial charge in [0.25, 0.3) is 0 Å². The number of nitrogens with one attached hydrogen (secondary N) is 2. The highest BCUT2D eigenvalue weighted by Crippen LogP contribution is 2.27. The van der Waals surface area contributed by atoms with Gasteiger partial charge in [-0.15, -0.1) is 10.2 Å². The molecular weight excluding hydrogens is 358 g/mol. The van der Waals surface area contributed by atoms with E-state index in [2.05, 4.69) is 25.5 Å². The SMILES string of the molecule is CC(NC(=O)N1CCC(c2nnc(CO)n2C)CC1)c1nc2ccccc2[nH]1. The fraction of sp³-hybridized carbons (Fsp3) is 0.474. The first-order valence-corrected chi connectivity index (χ1v) is 9.56. The molecule has 3 N–H and O–H groups in total. The van der Waals surface area contributed by atoms with E-state index in [1.807, 2.05) is 47.7 Å². The zero-order valence-electron chi connectivity index (χ0n) is 16.1. The Morgan fingerprint density at radius 1 is 1.32 bits per heavy atom. The van der Waals surface area contributed by atoms with E-state index < -0.39 is 0 Å². The number of amides is 2. The van der Waals surface area contributed by atoms with Crippen molar-refractivity contribution in [3.05, 3.63) is 41.7 Å². The Kier molecular flexibility index (Phi) is 4.99. The lowest BCUT2D eigenvalue weighted by Crippen LogP contribution is -2.45. The van der Waals surface area contributed by atoms with E-state index >= 15 is 0 Å². The largest absolute Gasteiger partial charge is 0.388 e. The highest BCUT2D eigenvalue weighted by atomic mass is 16.3. The van der Waals surface area contributed by atoms with Gasteiger partial charge in [0.05, 0.1) is 17.1 Å². The maximum Gasteiger partial charge on any atom is 0.317 e. The highest BCUT2D eigenvalue weighted by molar-refractivity contribution is 5.76. The van der Waals surface area contributed by atoms with Gasteiger partial charge in [0, 0.05) is 26.1 Å². The Morgan fingerprint density at radius 2 is 2.07 bits per heavy atom. The molecule has 3 heterocycles. The van der Waals surface area contributed by atoms with Crippen LogP contribution in [0.4, 0.5) is 4.79 Å². The predicted octanol–water partition coefficient (Wildman–Crippen LogP) is 1.83. The molecule has 148 valence electrons. The van der Waals surface area contributed by atoms with E-state index in [4.69, 9.17) is 0 Å². The van der Waals surface area contributed by atoms with Gasteiger partial charge in [0.15, 0.2) is 5.82 Å². The molecule has 1 atom stereocenters. The van der Waals surface area contributed by atoms with Crippen molar-refractivity contribution in [2.45, 2.75) is 38.3 Å². The summed E-state index contributed by atoms with van der Waals surface area (Å²) in [5.74, 6) is 2.43. The molecule has 28 heavy (non-hydrogen) atoms. The molecule has 0 aliphatic carbocycles. The van der Waals surface area contributed by atoms with Crippen molar-refractivity contribution in [2.24, 2.45) is 7.05 Å². The Balaban J connectivity index is 1.35. The molecule has 0 radical (unpaired) electrons. The second kappa shape index (κ2) is 7.59. The van der Waals surface area contributed by atoms with Gasteiger partial charge < -0.3 is 24.9 Å². The summed E-state index contributed by atoms with van der Waals surface area (Å²) in [4.78, 5) is 22.3. The summed E-state index contributed by atoms with van der Waals surface area (Å²) in [6.07, 6.45) is 1.65. The molecule has 3 aromatic rings. The van der Waals surface area contributed by atoms with Crippen molar-refractivity contribution >= 4 is 17.1 Å². The smallest absolute Gasteiger partial charge is 0.317 e. The number of aliphatic hydroxyl groups excluding tert-OH is 1. The van der Waals surface area contributed by atoms with E-state index in [1.165, 1.54) is 0 Å². The van der Waals surface area contributed by atoms with E-state index in [-0.39, 0.29) is 24.6 Å². The summed E-state index contributed by atoms with van der Waals surface area (Å²) in [6.45, 7) is 3.12. The normalized spacial score (nSPS) is 16.5. The Bertz CT molecular complexity index is 939. The molecular formula is C19H25N7O2. The number of imidazole rings is 1. The zero-order chi connectivity index (χ0) is 19.7. The molecule has 0 spiro atoms. The van der Waals surface area contributed by atoms with Crippen molar-refractivity contribution in [1.82, 2.24) is 34.9 Å². The van der Waals surface area contributed by atoms with E-state index in [1.54, 1.807) is 0 Å². The number of likely N-dealkylation sites (tertiary alicyclic amines) is 1. The van der Waals surface area contributed by atoms with E-state index in [9.17, 15) is 9.90 Å². The highest BCUT2D eigenvalue weighted by Gasteiger charge is 2.28.